The summed E-state index contributed by atoms with van der Waals surface area (Å²) in [5.74, 6) is 0. The van der Waals surface area contributed by atoms with Crippen LogP contribution in [-0.4, -0.2) is 49.9 Å². The number of rotatable bonds is 4. The van der Waals surface area contributed by atoms with Crippen LogP contribution in [0, 0.1) is 0 Å². The van der Waals surface area contributed by atoms with Crippen molar-refractivity contribution in [3.05, 3.63) is 0 Å². The van der Waals surface area contributed by atoms with Crippen LogP contribution in [0.15, 0.2) is 0 Å². The minimum Gasteiger partial charge on any atom is -0.324 e. The minimum atomic E-state index is -3.67. The number of hydrogen-bond donors (Lipinski definition) is 1. The van der Waals surface area contributed by atoms with Gasteiger partial charge in [0.1, 0.15) is 0 Å². The van der Waals surface area contributed by atoms with Crippen molar-refractivity contribution in [3.8, 4) is 0 Å². The summed E-state index contributed by atoms with van der Waals surface area (Å²) < 4.78 is 27.3. The summed E-state index contributed by atoms with van der Waals surface area (Å²) >= 11 is 0. The Balaban J connectivity index is 0.000000385. The zero-order chi connectivity index (χ0) is 12.7. The van der Waals surface area contributed by atoms with E-state index in [9.17, 15) is 8.42 Å². The third kappa shape index (κ3) is 8.07. The first kappa shape index (κ1) is 15.9. The van der Waals surface area contributed by atoms with E-state index in [4.69, 9.17) is 4.55 Å². The van der Waals surface area contributed by atoms with Crippen LogP contribution < -0.4 is 0 Å². The zero-order valence-corrected chi connectivity index (χ0v) is 11.6. The van der Waals surface area contributed by atoms with Crippen molar-refractivity contribution < 1.29 is 17.5 Å². The highest BCUT2D eigenvalue weighted by Gasteiger charge is 2.28. The molecule has 0 bridgehead atoms. The van der Waals surface area contributed by atoms with Crippen molar-refractivity contribution >= 4 is 10.1 Å². The van der Waals surface area contributed by atoms with Crippen LogP contribution in [0.3, 0.4) is 0 Å². The molecule has 0 saturated carbocycles. The topological polar surface area (TPSA) is 54.4 Å². The fourth-order valence-electron chi connectivity index (χ4n) is 2.20. The molecule has 0 atom stereocenters. The first-order valence-electron chi connectivity index (χ1n) is 6.10. The summed E-state index contributed by atoms with van der Waals surface area (Å²) in [5, 5.41) is 0. The van der Waals surface area contributed by atoms with E-state index in [2.05, 4.69) is 13.8 Å². The van der Waals surface area contributed by atoms with Crippen molar-refractivity contribution in [3.63, 3.8) is 0 Å². The second kappa shape index (κ2) is 7.25. The van der Waals surface area contributed by atoms with Crippen molar-refractivity contribution in [2.24, 2.45) is 0 Å². The van der Waals surface area contributed by atoms with E-state index in [1.807, 2.05) is 0 Å². The van der Waals surface area contributed by atoms with Crippen molar-refractivity contribution in [2.45, 2.75) is 39.5 Å². The van der Waals surface area contributed by atoms with Crippen molar-refractivity contribution in [1.29, 1.82) is 0 Å². The van der Waals surface area contributed by atoms with Gasteiger partial charge in [-0.25, -0.2) is 0 Å². The molecule has 1 aliphatic rings. The third-order valence-corrected chi connectivity index (χ3v) is 3.17. The molecule has 0 spiro atoms. The van der Waals surface area contributed by atoms with Crippen molar-refractivity contribution in [2.75, 3.05) is 32.4 Å². The minimum absolute atomic E-state index is 0.715. The molecule has 0 aromatic carbocycles. The SMILES string of the molecule is CCCC[N+]1(CC)CCCC1.CS(=O)(=O)O. The monoisotopic (exact) mass is 252 g/mol. The van der Waals surface area contributed by atoms with E-state index >= 15 is 0 Å². The molecular formula is C11H26NO3S+. The molecule has 0 aromatic heterocycles. The third-order valence-electron chi connectivity index (χ3n) is 3.17. The molecule has 0 amide bonds. The maximum absolute atomic E-state index is 9.19. The van der Waals surface area contributed by atoms with Gasteiger partial charge in [-0.1, -0.05) is 13.3 Å². The number of quaternary nitrogens is 1. The van der Waals surface area contributed by atoms with Gasteiger partial charge in [-0.15, -0.1) is 0 Å². The van der Waals surface area contributed by atoms with Gasteiger partial charge in [-0.3, -0.25) is 4.55 Å². The predicted molar refractivity (Wildman–Crippen MR) is 67.0 cm³/mol. The Labute approximate surface area is 100.0 Å². The average Bonchev–Trinajstić information content (AvgIpc) is 2.61. The molecule has 0 unspecified atom stereocenters. The van der Waals surface area contributed by atoms with E-state index in [-0.39, 0.29) is 0 Å². The molecule has 98 valence electrons. The second-order valence-electron chi connectivity index (χ2n) is 4.62. The molecule has 16 heavy (non-hydrogen) atoms. The quantitative estimate of drug-likeness (QED) is 0.614. The first-order valence-corrected chi connectivity index (χ1v) is 7.95. The Morgan fingerprint density at radius 2 is 1.62 bits per heavy atom. The molecule has 0 aliphatic carbocycles. The summed E-state index contributed by atoms with van der Waals surface area (Å²) in [6.07, 6.45) is 6.44. The molecule has 1 rings (SSSR count). The number of likely N-dealkylation sites (tertiary alicyclic amines) is 1. The Bertz CT molecular complexity index is 261. The van der Waals surface area contributed by atoms with Gasteiger partial charge in [-0.2, -0.15) is 8.42 Å². The maximum atomic E-state index is 9.19. The van der Waals surface area contributed by atoms with Gasteiger partial charge < -0.3 is 4.48 Å². The van der Waals surface area contributed by atoms with Crippen LogP contribution in [-0.2, 0) is 10.1 Å². The van der Waals surface area contributed by atoms with Crippen LogP contribution in [0.4, 0.5) is 0 Å². The lowest BCUT2D eigenvalue weighted by Crippen LogP contribution is -2.45. The van der Waals surface area contributed by atoms with E-state index in [0.29, 0.717) is 6.26 Å². The zero-order valence-electron chi connectivity index (χ0n) is 10.8. The van der Waals surface area contributed by atoms with Gasteiger partial charge in [-0.05, 0) is 13.3 Å². The fraction of sp³-hybridized carbons (Fsp3) is 1.00. The van der Waals surface area contributed by atoms with Gasteiger partial charge >= 0.3 is 0 Å². The molecule has 0 aromatic rings. The molecule has 1 heterocycles. The summed E-state index contributed by atoms with van der Waals surface area (Å²) in [5.41, 5.74) is 0. The standard InChI is InChI=1S/C10H22N.CH4O3S/c1-3-5-8-11(4-2)9-6-7-10-11;1-5(2,3)4/h3-10H2,1-2H3;1H3,(H,2,3,4)/q+1;. The van der Waals surface area contributed by atoms with Gasteiger partial charge in [0.2, 0.25) is 0 Å². The second-order valence-corrected chi connectivity index (χ2v) is 6.09. The summed E-state index contributed by atoms with van der Waals surface area (Å²) in [6.45, 7) is 10.4. The molecular weight excluding hydrogens is 226 g/mol. The van der Waals surface area contributed by atoms with Crippen molar-refractivity contribution in [1.82, 2.24) is 0 Å². The average molecular weight is 252 g/mol. The largest absolute Gasteiger partial charge is 0.324 e. The number of unbranched alkanes of at least 4 members (excludes halogenated alkanes) is 1. The smallest absolute Gasteiger partial charge is 0.261 e. The van der Waals surface area contributed by atoms with Gasteiger partial charge in [0.05, 0.1) is 32.4 Å². The highest BCUT2D eigenvalue weighted by atomic mass is 32.2. The lowest BCUT2D eigenvalue weighted by molar-refractivity contribution is -0.915. The Morgan fingerprint density at radius 1 is 1.19 bits per heavy atom. The molecule has 5 heteroatoms. The summed E-state index contributed by atoms with van der Waals surface area (Å²) in [6, 6.07) is 0. The molecule has 0 radical (unpaired) electrons. The van der Waals surface area contributed by atoms with Gasteiger partial charge in [0, 0.05) is 12.8 Å². The van der Waals surface area contributed by atoms with E-state index in [1.54, 1.807) is 0 Å². The van der Waals surface area contributed by atoms with Crippen LogP contribution in [0.5, 0.6) is 0 Å². The van der Waals surface area contributed by atoms with E-state index in [1.165, 1.54) is 56.3 Å². The molecule has 1 saturated heterocycles. The molecule has 1 fully saturated rings. The Hall–Kier alpha value is -0.130. The highest BCUT2D eigenvalue weighted by molar-refractivity contribution is 7.85. The molecule has 1 aliphatic heterocycles. The number of hydrogen-bond acceptors (Lipinski definition) is 2. The van der Waals surface area contributed by atoms with Crippen LogP contribution in [0.25, 0.3) is 0 Å². The highest BCUT2D eigenvalue weighted by Crippen LogP contribution is 2.19. The van der Waals surface area contributed by atoms with Crippen LogP contribution in [0.1, 0.15) is 39.5 Å². The maximum Gasteiger partial charge on any atom is 0.261 e. The lowest BCUT2D eigenvalue weighted by atomic mass is 10.3. The fourth-order valence-corrected chi connectivity index (χ4v) is 2.20. The predicted octanol–water partition coefficient (Wildman–Crippen LogP) is 1.92. The van der Waals surface area contributed by atoms with Crippen LogP contribution in [0.2, 0.25) is 0 Å². The summed E-state index contributed by atoms with van der Waals surface area (Å²) in [4.78, 5) is 0. The van der Waals surface area contributed by atoms with Gasteiger partial charge in [0.15, 0.2) is 0 Å². The number of nitrogens with zero attached hydrogens (tertiary/aromatic N) is 1. The lowest BCUT2D eigenvalue weighted by Gasteiger charge is -2.32. The molecule has 1 N–H and O–H groups in total. The van der Waals surface area contributed by atoms with Crippen LogP contribution >= 0.6 is 0 Å². The van der Waals surface area contributed by atoms with Gasteiger partial charge in [0.25, 0.3) is 10.1 Å². The molecule has 4 nitrogen and oxygen atoms in total. The normalized spacial score (nSPS) is 19.0. The first-order chi connectivity index (χ1) is 7.33. The summed E-state index contributed by atoms with van der Waals surface area (Å²) in [7, 11) is -3.67. The van der Waals surface area contributed by atoms with E-state index < -0.39 is 10.1 Å². The van der Waals surface area contributed by atoms with E-state index in [0.717, 1.165) is 0 Å². The Kier molecular flexibility index (Phi) is 7.19. The Morgan fingerprint density at radius 3 is 1.94 bits per heavy atom.